The zero-order valence-electron chi connectivity index (χ0n) is 17.0. The molecule has 0 bridgehead atoms. The van der Waals surface area contributed by atoms with Gasteiger partial charge in [0.05, 0.1) is 11.3 Å². The molecule has 7 nitrogen and oxygen atoms in total. The Morgan fingerprint density at radius 3 is 2.90 bits per heavy atom. The highest BCUT2D eigenvalue weighted by Gasteiger charge is 2.16. The summed E-state index contributed by atoms with van der Waals surface area (Å²) in [4.78, 5) is 26.5. The first-order valence-electron chi connectivity index (χ1n) is 10.0. The average Bonchev–Trinajstić information content (AvgIpc) is 3.07. The Morgan fingerprint density at radius 2 is 2.03 bits per heavy atom. The topological polar surface area (TPSA) is 66.9 Å². The van der Waals surface area contributed by atoms with Gasteiger partial charge in [0.25, 0.3) is 0 Å². The lowest BCUT2D eigenvalue weighted by molar-refractivity contribution is 0.360. The lowest BCUT2D eigenvalue weighted by Crippen LogP contribution is -2.28. The van der Waals surface area contributed by atoms with Crippen molar-refractivity contribution >= 4 is 34.1 Å². The summed E-state index contributed by atoms with van der Waals surface area (Å²) in [5.74, 6) is 0. The number of hydrogen-bond acceptors (Lipinski definition) is 7. The van der Waals surface area contributed by atoms with E-state index in [0.717, 1.165) is 54.3 Å². The summed E-state index contributed by atoms with van der Waals surface area (Å²) in [7, 11) is 2.15. The summed E-state index contributed by atoms with van der Waals surface area (Å²) >= 11 is 1.53. The summed E-state index contributed by atoms with van der Waals surface area (Å²) in [6.07, 6.45) is 8.49. The SMILES string of the molecule is CSc1nccn2cc(-c3cc4ccc(N5CCCN(C)CC5)cc4oc3=O)nc12. The lowest BCUT2D eigenvalue weighted by Gasteiger charge is -2.22. The molecule has 0 unspecified atom stereocenters. The summed E-state index contributed by atoms with van der Waals surface area (Å²) in [6.45, 7) is 4.11. The molecule has 4 aromatic rings. The number of aromatic nitrogens is 3. The van der Waals surface area contributed by atoms with Gasteiger partial charge in [0, 0.05) is 55.4 Å². The second-order valence-electron chi connectivity index (χ2n) is 7.61. The zero-order valence-corrected chi connectivity index (χ0v) is 17.9. The summed E-state index contributed by atoms with van der Waals surface area (Å²) in [5, 5.41) is 1.71. The largest absolute Gasteiger partial charge is 0.422 e. The van der Waals surface area contributed by atoms with Crippen LogP contribution in [0.4, 0.5) is 5.69 Å². The maximum atomic E-state index is 12.8. The summed E-state index contributed by atoms with van der Waals surface area (Å²) in [6, 6.07) is 7.98. The molecule has 154 valence electrons. The van der Waals surface area contributed by atoms with E-state index in [0.29, 0.717) is 16.8 Å². The predicted octanol–water partition coefficient (Wildman–Crippen LogP) is 3.37. The molecule has 30 heavy (non-hydrogen) atoms. The van der Waals surface area contributed by atoms with Crippen LogP contribution in [0.1, 0.15) is 6.42 Å². The van der Waals surface area contributed by atoms with Gasteiger partial charge in [-0.25, -0.2) is 14.8 Å². The average molecular weight is 422 g/mol. The number of likely N-dealkylation sites (N-methyl/N-ethyl adjacent to an activating group) is 1. The highest BCUT2D eigenvalue weighted by atomic mass is 32.2. The minimum Gasteiger partial charge on any atom is -0.422 e. The van der Waals surface area contributed by atoms with Crippen LogP contribution in [-0.4, -0.2) is 58.8 Å². The number of rotatable bonds is 3. The maximum absolute atomic E-state index is 12.8. The number of thioether (sulfide) groups is 1. The first-order chi connectivity index (χ1) is 14.6. The fourth-order valence-electron chi connectivity index (χ4n) is 3.95. The standard InChI is InChI=1S/C22H23N5O2S/c1-25-7-3-8-26(11-10-25)16-5-4-15-12-17(22(28)29-19(15)13-16)18-14-27-9-6-23-21(30-2)20(27)24-18/h4-6,9,12-14H,3,7-8,10-11H2,1-2H3. The molecule has 0 amide bonds. The normalized spacial score (nSPS) is 15.7. The zero-order chi connectivity index (χ0) is 20.7. The van der Waals surface area contributed by atoms with E-state index in [2.05, 4.69) is 32.9 Å². The predicted molar refractivity (Wildman–Crippen MR) is 121 cm³/mol. The van der Waals surface area contributed by atoms with Crippen LogP contribution in [0.3, 0.4) is 0 Å². The summed E-state index contributed by atoms with van der Waals surface area (Å²) in [5.41, 5.74) is 3.11. The van der Waals surface area contributed by atoms with Crippen molar-refractivity contribution in [3.63, 3.8) is 0 Å². The van der Waals surface area contributed by atoms with Gasteiger partial charge in [0.2, 0.25) is 0 Å². The number of fused-ring (bicyclic) bond motifs is 2. The number of nitrogens with zero attached hydrogens (tertiary/aromatic N) is 5. The van der Waals surface area contributed by atoms with E-state index in [1.54, 1.807) is 6.20 Å². The highest BCUT2D eigenvalue weighted by Crippen LogP contribution is 2.27. The van der Waals surface area contributed by atoms with Crippen molar-refractivity contribution in [1.29, 1.82) is 0 Å². The number of anilines is 1. The van der Waals surface area contributed by atoms with Crippen LogP contribution in [0.5, 0.6) is 0 Å². The molecule has 0 atom stereocenters. The fraction of sp³-hybridized carbons (Fsp3) is 0.318. The third-order valence-electron chi connectivity index (χ3n) is 5.62. The van der Waals surface area contributed by atoms with Gasteiger partial charge >= 0.3 is 5.63 Å². The van der Waals surface area contributed by atoms with Crippen LogP contribution in [-0.2, 0) is 0 Å². The van der Waals surface area contributed by atoms with Crippen molar-refractivity contribution in [2.24, 2.45) is 0 Å². The number of imidazole rings is 1. The molecule has 4 heterocycles. The fourth-order valence-corrected chi connectivity index (χ4v) is 4.45. The minimum atomic E-state index is -0.377. The monoisotopic (exact) mass is 421 g/mol. The van der Waals surface area contributed by atoms with Crippen LogP contribution in [0.15, 0.2) is 57.1 Å². The van der Waals surface area contributed by atoms with E-state index < -0.39 is 0 Å². The Balaban J connectivity index is 1.54. The van der Waals surface area contributed by atoms with E-state index in [1.807, 2.05) is 41.2 Å². The Morgan fingerprint density at radius 1 is 1.13 bits per heavy atom. The van der Waals surface area contributed by atoms with Gasteiger partial charge in [0.15, 0.2) is 5.65 Å². The molecule has 3 aromatic heterocycles. The molecular formula is C22H23N5O2S. The third kappa shape index (κ3) is 3.46. The van der Waals surface area contributed by atoms with Gasteiger partial charge in [-0.2, -0.15) is 0 Å². The van der Waals surface area contributed by atoms with Gasteiger partial charge in [-0.1, -0.05) is 0 Å². The molecule has 0 radical (unpaired) electrons. The molecule has 1 fully saturated rings. The van der Waals surface area contributed by atoms with Crippen LogP contribution in [0.25, 0.3) is 27.9 Å². The van der Waals surface area contributed by atoms with Crippen LogP contribution < -0.4 is 10.5 Å². The number of benzene rings is 1. The van der Waals surface area contributed by atoms with E-state index in [9.17, 15) is 4.79 Å². The smallest absolute Gasteiger partial charge is 0.345 e. The van der Waals surface area contributed by atoms with E-state index in [-0.39, 0.29) is 5.63 Å². The van der Waals surface area contributed by atoms with Crippen molar-refractivity contribution < 1.29 is 4.42 Å². The van der Waals surface area contributed by atoms with Crippen molar-refractivity contribution in [2.45, 2.75) is 11.4 Å². The molecule has 1 saturated heterocycles. The van der Waals surface area contributed by atoms with Crippen LogP contribution in [0, 0.1) is 0 Å². The molecule has 0 saturated carbocycles. The molecule has 0 N–H and O–H groups in total. The van der Waals surface area contributed by atoms with Gasteiger partial charge in [0.1, 0.15) is 10.6 Å². The molecule has 1 aliphatic heterocycles. The van der Waals surface area contributed by atoms with E-state index in [1.165, 1.54) is 11.8 Å². The Bertz CT molecular complexity index is 1280. The number of hydrogen-bond donors (Lipinski definition) is 0. The second-order valence-corrected chi connectivity index (χ2v) is 8.40. The van der Waals surface area contributed by atoms with Crippen molar-refractivity contribution in [3.8, 4) is 11.3 Å². The third-order valence-corrected chi connectivity index (χ3v) is 6.29. The van der Waals surface area contributed by atoms with Crippen molar-refractivity contribution in [3.05, 3.63) is 53.3 Å². The summed E-state index contributed by atoms with van der Waals surface area (Å²) < 4.78 is 7.61. The van der Waals surface area contributed by atoms with E-state index >= 15 is 0 Å². The minimum absolute atomic E-state index is 0.377. The highest BCUT2D eigenvalue weighted by molar-refractivity contribution is 7.98. The molecule has 1 aromatic carbocycles. The molecule has 5 rings (SSSR count). The van der Waals surface area contributed by atoms with Crippen LogP contribution >= 0.6 is 11.8 Å². The van der Waals surface area contributed by atoms with Crippen LogP contribution in [0.2, 0.25) is 0 Å². The Kier molecular flexibility index (Phi) is 4.96. The Hall–Kier alpha value is -2.84. The van der Waals surface area contributed by atoms with E-state index in [4.69, 9.17) is 4.42 Å². The first kappa shape index (κ1) is 19.1. The first-order valence-corrected chi connectivity index (χ1v) is 11.2. The quantitative estimate of drug-likeness (QED) is 0.371. The molecule has 1 aliphatic rings. The molecular weight excluding hydrogens is 398 g/mol. The lowest BCUT2D eigenvalue weighted by atomic mass is 10.1. The van der Waals surface area contributed by atoms with Gasteiger partial charge in [-0.3, -0.25) is 0 Å². The van der Waals surface area contributed by atoms with Crippen molar-refractivity contribution in [1.82, 2.24) is 19.3 Å². The Labute approximate surface area is 178 Å². The van der Waals surface area contributed by atoms with Gasteiger partial charge in [-0.05, 0) is 44.5 Å². The van der Waals surface area contributed by atoms with Crippen molar-refractivity contribution in [2.75, 3.05) is 44.4 Å². The molecule has 8 heteroatoms. The maximum Gasteiger partial charge on any atom is 0.345 e. The van der Waals surface area contributed by atoms with Gasteiger partial charge in [-0.15, -0.1) is 11.8 Å². The molecule has 0 spiro atoms. The molecule has 0 aliphatic carbocycles. The van der Waals surface area contributed by atoms with Gasteiger partial charge < -0.3 is 18.6 Å². The second kappa shape index (κ2) is 7.77.